The normalized spacial score (nSPS) is 11.5. The second kappa shape index (κ2) is 9.43. The number of benzene rings is 1. The van der Waals surface area contributed by atoms with Gasteiger partial charge in [0.25, 0.3) is 5.91 Å². The van der Waals surface area contributed by atoms with Crippen molar-refractivity contribution in [1.29, 1.82) is 5.26 Å². The molecular weight excluding hydrogens is 316 g/mol. The molecule has 5 nitrogen and oxygen atoms in total. The molecular formula is C20H30N2O3. The van der Waals surface area contributed by atoms with Crippen molar-refractivity contribution in [2.75, 3.05) is 19.0 Å². The Bertz CT molecular complexity index is 608. The highest BCUT2D eigenvalue weighted by Gasteiger charge is 2.40. The molecule has 0 unspecified atom stereocenters. The highest BCUT2D eigenvalue weighted by atomic mass is 16.5. The first-order chi connectivity index (χ1) is 11.8. The van der Waals surface area contributed by atoms with Gasteiger partial charge in [0, 0.05) is 12.3 Å². The molecule has 1 aromatic carbocycles. The summed E-state index contributed by atoms with van der Waals surface area (Å²) in [5, 5.41) is 12.2. The van der Waals surface area contributed by atoms with Gasteiger partial charge in [0.15, 0.2) is 0 Å². The zero-order chi connectivity index (χ0) is 19.0. The summed E-state index contributed by atoms with van der Waals surface area (Å²) in [6.07, 6.45) is 1.29. The van der Waals surface area contributed by atoms with E-state index in [-0.39, 0.29) is 5.91 Å². The molecule has 0 aliphatic carbocycles. The molecule has 1 N–H and O–H groups in total. The third-order valence-electron chi connectivity index (χ3n) is 3.89. The predicted molar refractivity (Wildman–Crippen MR) is 99.6 cm³/mol. The van der Waals surface area contributed by atoms with Crippen molar-refractivity contribution in [3.05, 3.63) is 23.8 Å². The average molecular weight is 346 g/mol. The minimum Gasteiger partial charge on any atom is -0.495 e. The zero-order valence-electron chi connectivity index (χ0n) is 16.2. The van der Waals surface area contributed by atoms with Crippen molar-refractivity contribution >= 4 is 11.6 Å². The Morgan fingerprint density at radius 2 is 1.84 bits per heavy atom. The number of ether oxygens (including phenoxy) is 2. The third-order valence-corrected chi connectivity index (χ3v) is 3.89. The van der Waals surface area contributed by atoms with Gasteiger partial charge in [-0.3, -0.25) is 4.79 Å². The number of anilines is 1. The van der Waals surface area contributed by atoms with Crippen LogP contribution in [0.5, 0.6) is 5.75 Å². The summed E-state index contributed by atoms with van der Waals surface area (Å²) in [5.41, 5.74) is 0.0815. The van der Waals surface area contributed by atoms with Gasteiger partial charge in [-0.05, 0) is 49.8 Å². The molecule has 0 aliphatic rings. The molecule has 0 fully saturated rings. The third kappa shape index (κ3) is 5.75. The van der Waals surface area contributed by atoms with E-state index in [0.717, 1.165) is 0 Å². The summed E-state index contributed by atoms with van der Waals surface area (Å²) in [5.74, 6) is 0.968. The van der Waals surface area contributed by atoms with Crippen molar-refractivity contribution in [3.63, 3.8) is 0 Å². The number of carbonyl (C=O) groups excluding carboxylic acids is 1. The highest BCUT2D eigenvalue weighted by Crippen LogP contribution is 2.31. The van der Waals surface area contributed by atoms with Crippen molar-refractivity contribution in [2.24, 2.45) is 11.8 Å². The molecule has 0 spiro atoms. The summed E-state index contributed by atoms with van der Waals surface area (Å²) in [6.45, 7) is 10.7. The Labute approximate surface area is 151 Å². The van der Waals surface area contributed by atoms with Crippen LogP contribution in [0.15, 0.2) is 18.2 Å². The summed E-state index contributed by atoms with van der Waals surface area (Å²) in [4.78, 5) is 13.1. The number of nitrogens with zero attached hydrogens (tertiary/aromatic N) is 1. The van der Waals surface area contributed by atoms with Crippen LogP contribution in [0.25, 0.3) is 0 Å². The molecule has 0 aromatic heterocycles. The summed E-state index contributed by atoms with van der Waals surface area (Å²) >= 11 is 0. The first kappa shape index (κ1) is 21.0. The number of amides is 1. The minimum absolute atomic E-state index is 0.161. The fraction of sp³-hybridized carbons (Fsp3) is 0.600. The molecule has 0 aliphatic heterocycles. The van der Waals surface area contributed by atoms with Crippen LogP contribution in [-0.4, -0.2) is 25.2 Å². The van der Waals surface area contributed by atoms with Gasteiger partial charge in [0.1, 0.15) is 17.4 Å². The number of nitriles is 1. The van der Waals surface area contributed by atoms with Gasteiger partial charge in [-0.1, -0.05) is 27.7 Å². The van der Waals surface area contributed by atoms with Crippen LogP contribution in [0.3, 0.4) is 0 Å². The molecule has 0 atom stereocenters. The van der Waals surface area contributed by atoms with Crippen molar-refractivity contribution in [3.8, 4) is 11.8 Å². The van der Waals surface area contributed by atoms with E-state index in [2.05, 4.69) is 39.1 Å². The van der Waals surface area contributed by atoms with Crippen LogP contribution in [0.4, 0.5) is 5.69 Å². The lowest BCUT2D eigenvalue weighted by atomic mass is 9.83. The van der Waals surface area contributed by atoms with Gasteiger partial charge < -0.3 is 14.8 Å². The van der Waals surface area contributed by atoms with Gasteiger partial charge in [0.05, 0.1) is 12.7 Å². The first-order valence-corrected chi connectivity index (χ1v) is 8.81. The number of hydrogen-bond donors (Lipinski definition) is 1. The Morgan fingerprint density at radius 3 is 2.28 bits per heavy atom. The maximum absolute atomic E-state index is 13.1. The van der Waals surface area contributed by atoms with Crippen molar-refractivity contribution in [2.45, 2.75) is 53.1 Å². The minimum atomic E-state index is -0.871. The zero-order valence-corrected chi connectivity index (χ0v) is 16.2. The van der Waals surface area contributed by atoms with Crippen LogP contribution < -0.4 is 10.1 Å². The topological polar surface area (TPSA) is 71.3 Å². The van der Waals surface area contributed by atoms with E-state index in [4.69, 9.17) is 9.47 Å². The molecule has 25 heavy (non-hydrogen) atoms. The van der Waals surface area contributed by atoms with Gasteiger partial charge in [-0.15, -0.1) is 0 Å². The standard InChI is InChI=1S/C20H30N2O3/c1-7-25-20(11-14(2)3,12-15(4)5)19(23)22-17-8-9-18(24-6)16(10-17)13-21/h8-10,14-15H,7,11-12H2,1-6H3,(H,22,23). The Kier molecular flexibility index (Phi) is 7.92. The second-order valence-corrected chi connectivity index (χ2v) is 7.10. The molecule has 1 amide bonds. The van der Waals surface area contributed by atoms with E-state index in [1.54, 1.807) is 18.2 Å². The lowest BCUT2D eigenvalue weighted by Gasteiger charge is -2.35. The van der Waals surface area contributed by atoms with Gasteiger partial charge >= 0.3 is 0 Å². The van der Waals surface area contributed by atoms with E-state index in [1.807, 2.05) is 6.92 Å². The molecule has 1 aromatic rings. The number of hydrogen-bond acceptors (Lipinski definition) is 4. The van der Waals surface area contributed by atoms with Gasteiger partial charge in [-0.25, -0.2) is 0 Å². The monoisotopic (exact) mass is 346 g/mol. The number of nitrogens with one attached hydrogen (secondary N) is 1. The average Bonchev–Trinajstić information content (AvgIpc) is 2.53. The number of carbonyl (C=O) groups is 1. The van der Waals surface area contributed by atoms with Gasteiger partial charge in [0.2, 0.25) is 0 Å². The molecule has 0 bridgehead atoms. The van der Waals surface area contributed by atoms with Crippen LogP contribution >= 0.6 is 0 Å². The first-order valence-electron chi connectivity index (χ1n) is 8.81. The van der Waals surface area contributed by atoms with Crippen LogP contribution in [0.2, 0.25) is 0 Å². The maximum Gasteiger partial charge on any atom is 0.256 e. The van der Waals surface area contributed by atoms with Gasteiger partial charge in [-0.2, -0.15) is 5.26 Å². The molecule has 5 heteroatoms. The highest BCUT2D eigenvalue weighted by molar-refractivity contribution is 5.97. The number of rotatable bonds is 9. The Morgan fingerprint density at radius 1 is 1.24 bits per heavy atom. The van der Waals surface area contributed by atoms with Crippen LogP contribution in [-0.2, 0) is 9.53 Å². The van der Waals surface area contributed by atoms with E-state index in [9.17, 15) is 10.1 Å². The Balaban J connectivity index is 3.14. The largest absolute Gasteiger partial charge is 0.495 e. The predicted octanol–water partition coefficient (Wildman–Crippen LogP) is 4.37. The van der Waals surface area contributed by atoms with E-state index >= 15 is 0 Å². The summed E-state index contributed by atoms with van der Waals surface area (Å²) < 4.78 is 11.1. The molecule has 1 rings (SSSR count). The number of methoxy groups -OCH3 is 1. The second-order valence-electron chi connectivity index (χ2n) is 7.10. The SMILES string of the molecule is CCOC(CC(C)C)(CC(C)C)C(=O)Nc1ccc(OC)c(C#N)c1. The summed E-state index contributed by atoms with van der Waals surface area (Å²) in [7, 11) is 1.51. The quantitative estimate of drug-likeness (QED) is 0.720. The van der Waals surface area contributed by atoms with Crippen molar-refractivity contribution in [1.82, 2.24) is 0 Å². The van der Waals surface area contributed by atoms with Crippen LogP contribution in [0.1, 0.15) is 53.0 Å². The fourth-order valence-corrected chi connectivity index (χ4v) is 3.17. The Hall–Kier alpha value is -2.06. The smallest absolute Gasteiger partial charge is 0.256 e. The molecule has 0 saturated heterocycles. The van der Waals surface area contributed by atoms with E-state index in [0.29, 0.717) is 48.3 Å². The molecule has 138 valence electrons. The van der Waals surface area contributed by atoms with Crippen molar-refractivity contribution < 1.29 is 14.3 Å². The lowest BCUT2D eigenvalue weighted by Crippen LogP contribution is -2.47. The molecule has 0 radical (unpaired) electrons. The molecule has 0 saturated carbocycles. The fourth-order valence-electron chi connectivity index (χ4n) is 3.17. The summed E-state index contributed by atoms with van der Waals surface area (Å²) in [6, 6.07) is 7.12. The lowest BCUT2D eigenvalue weighted by molar-refractivity contribution is -0.146. The van der Waals surface area contributed by atoms with E-state index in [1.165, 1.54) is 7.11 Å². The maximum atomic E-state index is 13.1. The van der Waals surface area contributed by atoms with Crippen LogP contribution in [0, 0.1) is 23.2 Å². The van der Waals surface area contributed by atoms with E-state index < -0.39 is 5.60 Å². The molecule has 0 heterocycles.